The topological polar surface area (TPSA) is 38.7 Å². The van der Waals surface area contributed by atoms with Crippen LogP contribution < -0.4 is 0 Å². The van der Waals surface area contributed by atoms with Gasteiger partial charge in [0.05, 0.1) is 22.5 Å². The molecular formula is C44H34IrN3. The van der Waals surface area contributed by atoms with Gasteiger partial charge in [-0.2, -0.15) is 60.7 Å². The van der Waals surface area contributed by atoms with Gasteiger partial charge in [-0.15, -0.1) is 46.5 Å². The molecule has 0 aliphatic carbocycles. The van der Waals surface area contributed by atoms with Crippen molar-refractivity contribution >= 4 is 0 Å². The molecule has 0 bridgehead atoms. The Kier molecular flexibility index (Phi) is 9.59. The van der Waals surface area contributed by atoms with E-state index < -0.39 is 10.8 Å². The first-order valence-corrected chi connectivity index (χ1v) is 15.9. The molecule has 4 heteroatoms. The van der Waals surface area contributed by atoms with E-state index in [9.17, 15) is 0 Å². The van der Waals surface area contributed by atoms with Gasteiger partial charge in [0.2, 0.25) is 0 Å². The number of hydrogen-bond donors (Lipinski definition) is 0. The van der Waals surface area contributed by atoms with Crippen molar-refractivity contribution < 1.29 is 20.1 Å². The van der Waals surface area contributed by atoms with Gasteiger partial charge >= 0.3 is 20.1 Å². The van der Waals surface area contributed by atoms with E-state index in [1.807, 2.05) is 67.0 Å². The first-order chi connectivity index (χ1) is 23.0. The van der Waals surface area contributed by atoms with Crippen LogP contribution in [0.3, 0.4) is 0 Å². The Morgan fingerprint density at radius 3 is 1.71 bits per heavy atom. The summed E-state index contributed by atoms with van der Waals surface area (Å²) in [5, 5.41) is 0. The molecule has 0 aliphatic rings. The second kappa shape index (κ2) is 14.0. The molecule has 1 unspecified atom stereocenters. The fourth-order valence-corrected chi connectivity index (χ4v) is 6.59. The maximum Gasteiger partial charge on any atom is 3.00 e. The third-order valence-electron chi connectivity index (χ3n) is 9.21. The summed E-state index contributed by atoms with van der Waals surface area (Å²) in [5.41, 5.74) is 9.57. The van der Waals surface area contributed by atoms with Gasteiger partial charge in [-0.25, -0.2) is 0 Å². The second-order valence-corrected chi connectivity index (χ2v) is 12.1. The molecular weight excluding hydrogens is 763 g/mol. The number of pyridine rings is 3. The van der Waals surface area contributed by atoms with Crippen LogP contribution in [0.5, 0.6) is 0 Å². The molecule has 3 nitrogen and oxygen atoms in total. The number of aryl methyl sites for hydroxylation is 1. The van der Waals surface area contributed by atoms with Gasteiger partial charge in [0.1, 0.15) is 0 Å². The molecule has 7 rings (SSSR count). The molecule has 48 heavy (non-hydrogen) atoms. The predicted molar refractivity (Wildman–Crippen MR) is 189 cm³/mol. The number of aromatic nitrogens is 3. The fraction of sp³-hybridized carbons (Fsp3) is 0.114. The molecule has 0 fully saturated rings. The van der Waals surface area contributed by atoms with Gasteiger partial charge in [0, 0.05) is 23.4 Å². The van der Waals surface area contributed by atoms with Crippen LogP contribution in [0, 0.1) is 25.1 Å². The Balaban J connectivity index is 0.00000401. The van der Waals surface area contributed by atoms with Gasteiger partial charge in [-0.3, -0.25) is 15.0 Å². The van der Waals surface area contributed by atoms with Gasteiger partial charge in [-0.05, 0) is 61.9 Å². The van der Waals surface area contributed by atoms with Gasteiger partial charge in [-0.1, -0.05) is 48.5 Å². The molecule has 3 heterocycles. The van der Waals surface area contributed by atoms with Crippen LogP contribution in [0.2, 0.25) is 0 Å². The summed E-state index contributed by atoms with van der Waals surface area (Å²) in [7, 11) is 0. The zero-order chi connectivity index (χ0) is 32.3. The summed E-state index contributed by atoms with van der Waals surface area (Å²) >= 11 is 0. The van der Waals surface area contributed by atoms with E-state index >= 15 is 0 Å². The predicted octanol–water partition coefficient (Wildman–Crippen LogP) is 9.62. The number of nitrogens with zero attached hydrogens (tertiary/aromatic N) is 3. The van der Waals surface area contributed by atoms with Crippen LogP contribution in [0.25, 0.3) is 22.4 Å². The normalized spacial score (nSPS) is 13.5. The van der Waals surface area contributed by atoms with Gasteiger partial charge in [0.25, 0.3) is 0 Å². The summed E-state index contributed by atoms with van der Waals surface area (Å²) in [5.74, 6) is 0. The van der Waals surface area contributed by atoms with E-state index in [0.29, 0.717) is 0 Å². The Morgan fingerprint density at radius 2 is 1.12 bits per heavy atom. The molecule has 0 spiro atoms. The van der Waals surface area contributed by atoms with E-state index in [-0.39, 0.29) is 20.1 Å². The van der Waals surface area contributed by atoms with Crippen LogP contribution in [-0.2, 0) is 30.9 Å². The molecule has 2 atom stereocenters. The van der Waals surface area contributed by atoms with Crippen molar-refractivity contribution in [1.29, 1.82) is 0 Å². The van der Waals surface area contributed by atoms with Crippen molar-refractivity contribution in [3.8, 4) is 22.4 Å². The van der Waals surface area contributed by atoms with Crippen LogP contribution in [0.1, 0.15) is 53.2 Å². The maximum atomic E-state index is 5.56. The van der Waals surface area contributed by atoms with Crippen LogP contribution in [0.4, 0.5) is 0 Å². The molecule has 0 aliphatic heterocycles. The zero-order valence-corrected chi connectivity index (χ0v) is 29.5. The summed E-state index contributed by atoms with van der Waals surface area (Å²) in [4.78, 5) is 15.3. The average Bonchev–Trinajstić information content (AvgIpc) is 3.15. The molecule has 0 saturated heterocycles. The second-order valence-electron chi connectivity index (χ2n) is 12.1. The Morgan fingerprint density at radius 1 is 0.562 bits per heavy atom. The van der Waals surface area contributed by atoms with E-state index in [1.54, 1.807) is 0 Å². The van der Waals surface area contributed by atoms with E-state index in [0.717, 1.165) is 61.7 Å². The smallest absolute Gasteiger partial charge is 0.299 e. The molecule has 4 aromatic carbocycles. The van der Waals surface area contributed by atoms with E-state index in [1.165, 1.54) is 0 Å². The fourth-order valence-electron chi connectivity index (χ4n) is 6.59. The minimum absolute atomic E-state index is 0. The van der Waals surface area contributed by atoms with Crippen LogP contribution >= 0.6 is 0 Å². The number of rotatable bonds is 8. The maximum absolute atomic E-state index is 5.56. The molecule has 0 amide bonds. The van der Waals surface area contributed by atoms with Crippen molar-refractivity contribution in [3.05, 3.63) is 209 Å². The van der Waals surface area contributed by atoms with Gasteiger partial charge in [0.15, 0.2) is 0 Å². The largest absolute Gasteiger partial charge is 3.00 e. The van der Waals surface area contributed by atoms with Crippen molar-refractivity contribution in [2.75, 3.05) is 0 Å². The first kappa shape index (κ1) is 32.9. The number of hydrogen-bond acceptors (Lipinski definition) is 3. The quantitative estimate of drug-likeness (QED) is 0.144. The Labute approximate surface area is 297 Å². The standard InChI is InChI=1S/C44H34N3.Ir/c1-32-30-38(34-20-17-25-37(31-34)43(2,35-21-9-5-10-22-35)39-26-13-15-28-45-39)47-42(41(32)33-18-7-4-8-19-33)44(3,36-23-11-6-12-24-36)40-27-14-16-29-46-40;/h4-21,23,25-30H,1-3H3;/q-3;+3/t43?,44-;/m1./s1. The summed E-state index contributed by atoms with van der Waals surface area (Å²) in [6.45, 7) is 6.58. The van der Waals surface area contributed by atoms with Crippen LogP contribution in [-0.4, -0.2) is 15.0 Å². The minimum atomic E-state index is -0.701. The molecule has 0 saturated carbocycles. The third-order valence-corrected chi connectivity index (χ3v) is 9.21. The van der Waals surface area contributed by atoms with Crippen LogP contribution in [0.15, 0.2) is 152 Å². The minimum Gasteiger partial charge on any atom is -0.299 e. The molecule has 0 N–H and O–H groups in total. The van der Waals surface area contributed by atoms with Crippen molar-refractivity contribution in [3.63, 3.8) is 0 Å². The third kappa shape index (κ3) is 5.94. The Hall–Kier alpha value is -5.02. The molecule has 3 aromatic heterocycles. The first-order valence-electron chi connectivity index (χ1n) is 15.9. The van der Waals surface area contributed by atoms with E-state index in [2.05, 4.69) is 124 Å². The molecule has 7 aromatic rings. The zero-order valence-electron chi connectivity index (χ0n) is 27.1. The van der Waals surface area contributed by atoms with Crippen molar-refractivity contribution in [2.45, 2.75) is 31.6 Å². The summed E-state index contributed by atoms with van der Waals surface area (Å²) in [6.07, 6.45) is 3.70. The molecule has 0 radical (unpaired) electrons. The van der Waals surface area contributed by atoms with Crippen molar-refractivity contribution in [1.82, 2.24) is 15.0 Å². The van der Waals surface area contributed by atoms with E-state index in [4.69, 9.17) is 15.0 Å². The number of benzene rings is 4. The summed E-state index contributed by atoms with van der Waals surface area (Å²) < 4.78 is 0. The average molecular weight is 797 g/mol. The monoisotopic (exact) mass is 797 g/mol. The summed E-state index contributed by atoms with van der Waals surface area (Å²) in [6, 6.07) is 58.2. The Bertz CT molecular complexity index is 2020. The van der Waals surface area contributed by atoms with Gasteiger partial charge < -0.3 is 0 Å². The van der Waals surface area contributed by atoms with Crippen molar-refractivity contribution in [2.24, 2.45) is 0 Å². The SMILES string of the molecule is Cc1cc(-c2[c-]c(C(C)(c3[c-]cccc3)c3ccccn3)ccc2)nc([C@](C)(c2[c-]cccc2)c2ccccn2)c1-c1ccccc1.[Ir+3]. The molecule has 234 valence electrons.